The maximum absolute atomic E-state index is 9.72. The Kier molecular flexibility index (Phi) is 2.13. The lowest BCUT2D eigenvalue weighted by atomic mass is 9.87. The highest BCUT2D eigenvalue weighted by atomic mass is 16.3. The van der Waals surface area contributed by atoms with Crippen molar-refractivity contribution in [2.75, 3.05) is 7.05 Å². The number of hydrogen-bond acceptors (Lipinski definition) is 2. The topological polar surface area (TPSA) is 23.5 Å². The third-order valence-corrected chi connectivity index (χ3v) is 3.61. The Labute approximate surface area is 74.6 Å². The van der Waals surface area contributed by atoms with Crippen molar-refractivity contribution in [3.63, 3.8) is 0 Å². The van der Waals surface area contributed by atoms with Gasteiger partial charge in [-0.05, 0) is 51.5 Å². The van der Waals surface area contributed by atoms with Crippen molar-refractivity contribution in [3.8, 4) is 0 Å². The SMILES string of the molecule is CC1CC(C2CC2)CC(O)N1C. The van der Waals surface area contributed by atoms with Gasteiger partial charge in [0.1, 0.15) is 6.23 Å². The highest BCUT2D eigenvalue weighted by molar-refractivity contribution is 4.88. The van der Waals surface area contributed by atoms with Crippen molar-refractivity contribution in [1.82, 2.24) is 4.90 Å². The van der Waals surface area contributed by atoms with Crippen LogP contribution in [-0.4, -0.2) is 29.3 Å². The Hall–Kier alpha value is -0.0800. The maximum atomic E-state index is 9.72. The molecule has 1 aliphatic carbocycles. The van der Waals surface area contributed by atoms with E-state index in [-0.39, 0.29) is 6.23 Å². The number of nitrogens with zero attached hydrogens (tertiary/aromatic N) is 1. The van der Waals surface area contributed by atoms with E-state index in [1.807, 2.05) is 7.05 Å². The molecule has 3 atom stereocenters. The highest BCUT2D eigenvalue weighted by Crippen LogP contribution is 2.43. The Morgan fingerprint density at radius 1 is 1.17 bits per heavy atom. The molecule has 0 aromatic rings. The Balaban J connectivity index is 1.94. The van der Waals surface area contributed by atoms with Crippen LogP contribution < -0.4 is 0 Å². The molecule has 1 aliphatic heterocycles. The lowest BCUT2D eigenvalue weighted by Crippen LogP contribution is -2.45. The Morgan fingerprint density at radius 2 is 1.83 bits per heavy atom. The van der Waals surface area contributed by atoms with E-state index in [4.69, 9.17) is 0 Å². The first-order chi connectivity index (χ1) is 5.68. The maximum Gasteiger partial charge on any atom is 0.107 e. The smallest absolute Gasteiger partial charge is 0.107 e. The minimum absolute atomic E-state index is 0.181. The first-order valence-electron chi connectivity index (χ1n) is 5.08. The summed E-state index contributed by atoms with van der Waals surface area (Å²) in [6.07, 6.45) is 4.94. The molecule has 1 heterocycles. The first kappa shape index (κ1) is 8.52. The molecule has 0 amide bonds. The normalized spacial score (nSPS) is 44.8. The van der Waals surface area contributed by atoms with E-state index < -0.39 is 0 Å². The van der Waals surface area contributed by atoms with Crippen LogP contribution in [0.5, 0.6) is 0 Å². The second kappa shape index (κ2) is 3.00. The van der Waals surface area contributed by atoms with Crippen LogP contribution in [0.15, 0.2) is 0 Å². The molecule has 1 saturated carbocycles. The molecule has 70 valence electrons. The van der Waals surface area contributed by atoms with Crippen LogP contribution in [0.4, 0.5) is 0 Å². The number of hydrogen-bond donors (Lipinski definition) is 1. The van der Waals surface area contributed by atoms with Crippen LogP contribution in [0.1, 0.15) is 32.6 Å². The minimum atomic E-state index is -0.181. The molecule has 0 aromatic carbocycles. The molecule has 2 heteroatoms. The van der Waals surface area contributed by atoms with Gasteiger partial charge in [-0.3, -0.25) is 4.90 Å². The number of aliphatic hydroxyl groups is 1. The molecule has 0 bridgehead atoms. The molecule has 2 nitrogen and oxygen atoms in total. The van der Waals surface area contributed by atoms with Crippen molar-refractivity contribution in [1.29, 1.82) is 0 Å². The van der Waals surface area contributed by atoms with Gasteiger partial charge in [-0.15, -0.1) is 0 Å². The third kappa shape index (κ3) is 1.50. The largest absolute Gasteiger partial charge is 0.378 e. The predicted octanol–water partition coefficient (Wildman–Crippen LogP) is 1.45. The number of aliphatic hydroxyl groups excluding tert-OH is 1. The fourth-order valence-corrected chi connectivity index (χ4v) is 2.38. The van der Waals surface area contributed by atoms with Crippen molar-refractivity contribution >= 4 is 0 Å². The molecule has 0 spiro atoms. The van der Waals surface area contributed by atoms with Gasteiger partial charge in [-0.2, -0.15) is 0 Å². The van der Waals surface area contributed by atoms with Gasteiger partial charge in [0.15, 0.2) is 0 Å². The summed E-state index contributed by atoms with van der Waals surface area (Å²) in [6.45, 7) is 2.22. The monoisotopic (exact) mass is 169 g/mol. The zero-order chi connectivity index (χ0) is 8.72. The van der Waals surface area contributed by atoms with Crippen molar-refractivity contribution < 1.29 is 5.11 Å². The van der Waals surface area contributed by atoms with Crippen LogP contribution in [0, 0.1) is 11.8 Å². The van der Waals surface area contributed by atoms with E-state index >= 15 is 0 Å². The quantitative estimate of drug-likeness (QED) is 0.642. The average molecular weight is 169 g/mol. The Morgan fingerprint density at radius 3 is 2.33 bits per heavy atom. The molecular weight excluding hydrogens is 150 g/mol. The fraction of sp³-hybridized carbons (Fsp3) is 1.00. The molecular formula is C10H19NO. The van der Waals surface area contributed by atoms with Gasteiger partial charge in [0, 0.05) is 6.04 Å². The second-order valence-corrected chi connectivity index (χ2v) is 4.56. The second-order valence-electron chi connectivity index (χ2n) is 4.56. The molecule has 1 N–H and O–H groups in total. The Bertz CT molecular complexity index is 155. The number of rotatable bonds is 1. The lowest BCUT2D eigenvalue weighted by Gasteiger charge is -2.39. The summed E-state index contributed by atoms with van der Waals surface area (Å²) < 4.78 is 0. The van der Waals surface area contributed by atoms with E-state index in [0.29, 0.717) is 6.04 Å². The minimum Gasteiger partial charge on any atom is -0.378 e. The van der Waals surface area contributed by atoms with Gasteiger partial charge in [-0.25, -0.2) is 0 Å². The van der Waals surface area contributed by atoms with Gasteiger partial charge in [0.2, 0.25) is 0 Å². The molecule has 2 rings (SSSR count). The van der Waals surface area contributed by atoms with Gasteiger partial charge >= 0.3 is 0 Å². The first-order valence-corrected chi connectivity index (χ1v) is 5.08. The average Bonchev–Trinajstić information content (AvgIpc) is 2.81. The fourth-order valence-electron chi connectivity index (χ4n) is 2.38. The molecule has 2 aliphatic rings. The molecule has 12 heavy (non-hydrogen) atoms. The lowest BCUT2D eigenvalue weighted by molar-refractivity contribution is -0.0572. The summed E-state index contributed by atoms with van der Waals surface area (Å²) in [5.74, 6) is 1.77. The van der Waals surface area contributed by atoms with Crippen molar-refractivity contribution in [2.45, 2.75) is 44.9 Å². The van der Waals surface area contributed by atoms with Crippen LogP contribution in [0.2, 0.25) is 0 Å². The van der Waals surface area contributed by atoms with E-state index in [9.17, 15) is 5.11 Å². The molecule has 0 aromatic heterocycles. The van der Waals surface area contributed by atoms with Crippen LogP contribution in [0.3, 0.4) is 0 Å². The summed E-state index contributed by atoms with van der Waals surface area (Å²) in [4.78, 5) is 2.10. The standard InChI is InChI=1S/C10H19NO/c1-7-5-9(8-3-4-8)6-10(12)11(7)2/h7-10,12H,3-6H2,1-2H3. The zero-order valence-corrected chi connectivity index (χ0v) is 8.03. The molecule has 3 unspecified atom stereocenters. The van der Waals surface area contributed by atoms with E-state index in [1.165, 1.54) is 19.3 Å². The third-order valence-electron chi connectivity index (χ3n) is 3.61. The number of likely N-dealkylation sites (tertiary alicyclic amines) is 1. The van der Waals surface area contributed by atoms with Gasteiger partial charge in [-0.1, -0.05) is 0 Å². The predicted molar refractivity (Wildman–Crippen MR) is 48.7 cm³/mol. The van der Waals surface area contributed by atoms with E-state index in [1.54, 1.807) is 0 Å². The zero-order valence-electron chi connectivity index (χ0n) is 8.03. The van der Waals surface area contributed by atoms with Gasteiger partial charge < -0.3 is 5.11 Å². The van der Waals surface area contributed by atoms with Gasteiger partial charge in [0.05, 0.1) is 0 Å². The van der Waals surface area contributed by atoms with Gasteiger partial charge in [0.25, 0.3) is 0 Å². The van der Waals surface area contributed by atoms with Crippen LogP contribution in [0.25, 0.3) is 0 Å². The molecule has 0 radical (unpaired) electrons. The van der Waals surface area contributed by atoms with Crippen molar-refractivity contribution in [2.24, 2.45) is 11.8 Å². The van der Waals surface area contributed by atoms with E-state index in [2.05, 4.69) is 11.8 Å². The summed E-state index contributed by atoms with van der Waals surface area (Å²) in [7, 11) is 2.03. The van der Waals surface area contributed by atoms with Crippen LogP contribution in [-0.2, 0) is 0 Å². The molecule has 1 saturated heterocycles. The summed E-state index contributed by atoms with van der Waals surface area (Å²) >= 11 is 0. The number of piperidine rings is 1. The molecule has 2 fully saturated rings. The van der Waals surface area contributed by atoms with Crippen molar-refractivity contribution in [3.05, 3.63) is 0 Å². The summed E-state index contributed by atoms with van der Waals surface area (Å²) in [5, 5.41) is 9.72. The summed E-state index contributed by atoms with van der Waals surface area (Å²) in [6, 6.07) is 0.569. The summed E-state index contributed by atoms with van der Waals surface area (Å²) in [5.41, 5.74) is 0. The van der Waals surface area contributed by atoms with E-state index in [0.717, 1.165) is 18.3 Å². The highest BCUT2D eigenvalue weighted by Gasteiger charge is 2.38. The van der Waals surface area contributed by atoms with Crippen LogP contribution >= 0.6 is 0 Å².